The van der Waals surface area contributed by atoms with Crippen LogP contribution < -0.4 is 14.2 Å². The number of hydrogen-bond donors (Lipinski definition) is 1. The topological polar surface area (TPSA) is 72.6 Å². The van der Waals surface area contributed by atoms with Crippen molar-refractivity contribution in [2.45, 2.75) is 27.2 Å². The molecule has 0 bridgehead atoms. The van der Waals surface area contributed by atoms with Crippen molar-refractivity contribution in [3.63, 3.8) is 0 Å². The zero-order valence-electron chi connectivity index (χ0n) is 17.2. The fourth-order valence-corrected chi connectivity index (χ4v) is 3.12. The van der Waals surface area contributed by atoms with Gasteiger partial charge in [0.2, 0.25) is 0 Å². The van der Waals surface area contributed by atoms with E-state index in [4.69, 9.17) is 14.2 Å². The number of phenolic OH excluding ortho intramolecular Hbond substituents is 1. The number of benzene rings is 2. The number of fused-ring (bicyclic) bond motifs is 1. The van der Waals surface area contributed by atoms with E-state index in [1.54, 1.807) is 12.1 Å². The maximum absolute atomic E-state index is 9.78. The number of allylic oxidation sites excluding steroid dienone is 1. The van der Waals surface area contributed by atoms with Crippen LogP contribution in [-0.2, 0) is 6.42 Å². The van der Waals surface area contributed by atoms with E-state index in [0.29, 0.717) is 31.1 Å². The smallest absolute Gasteiger partial charge is 0.161 e. The lowest BCUT2D eigenvalue weighted by molar-refractivity contribution is 0.287. The summed E-state index contributed by atoms with van der Waals surface area (Å²) in [4.78, 5) is 0. The number of methoxy groups -OCH3 is 1. The first-order valence-electron chi connectivity index (χ1n) is 9.64. The van der Waals surface area contributed by atoms with Crippen molar-refractivity contribution in [3.8, 4) is 23.0 Å². The van der Waals surface area contributed by atoms with E-state index < -0.39 is 0 Å². The van der Waals surface area contributed by atoms with Crippen LogP contribution in [0.1, 0.15) is 37.5 Å². The number of hydrogen-bond acceptors (Lipinski definition) is 6. The highest BCUT2D eigenvalue weighted by molar-refractivity contribution is 6.13. The average Bonchev–Trinajstić information content (AvgIpc) is 2.86. The van der Waals surface area contributed by atoms with Gasteiger partial charge in [-0.25, -0.2) is 0 Å². The van der Waals surface area contributed by atoms with Gasteiger partial charge in [0, 0.05) is 17.7 Å². The summed E-state index contributed by atoms with van der Waals surface area (Å²) < 4.78 is 16.7. The summed E-state index contributed by atoms with van der Waals surface area (Å²) in [5, 5.41) is 18.6. The molecule has 2 aromatic carbocycles. The van der Waals surface area contributed by atoms with Gasteiger partial charge in [-0.15, -0.1) is 0 Å². The molecule has 152 valence electrons. The average molecular weight is 394 g/mol. The molecule has 6 heteroatoms. The fourth-order valence-electron chi connectivity index (χ4n) is 3.12. The highest BCUT2D eigenvalue weighted by Gasteiger charge is 2.18. The Balaban J connectivity index is 2.02. The second kappa shape index (κ2) is 9.28. The van der Waals surface area contributed by atoms with Gasteiger partial charge in [0.05, 0.1) is 26.0 Å². The van der Waals surface area contributed by atoms with E-state index in [0.717, 1.165) is 33.9 Å². The highest BCUT2D eigenvalue weighted by Crippen LogP contribution is 2.33. The van der Waals surface area contributed by atoms with E-state index >= 15 is 0 Å². The first kappa shape index (κ1) is 20.5. The Morgan fingerprint density at radius 3 is 2.38 bits per heavy atom. The van der Waals surface area contributed by atoms with E-state index in [1.165, 1.54) is 7.11 Å². The van der Waals surface area contributed by atoms with E-state index in [1.807, 2.05) is 51.1 Å². The molecule has 1 N–H and O–H groups in total. The van der Waals surface area contributed by atoms with Crippen molar-refractivity contribution >= 4 is 17.5 Å². The number of ether oxygens (including phenoxy) is 3. The maximum Gasteiger partial charge on any atom is 0.161 e. The summed E-state index contributed by atoms with van der Waals surface area (Å²) in [6.07, 6.45) is 4.51. The Hall–Kier alpha value is -3.28. The van der Waals surface area contributed by atoms with E-state index in [2.05, 4.69) is 10.2 Å². The quantitative estimate of drug-likeness (QED) is 0.743. The summed E-state index contributed by atoms with van der Waals surface area (Å²) in [5.74, 6) is 1.95. The lowest BCUT2D eigenvalue weighted by Crippen LogP contribution is -2.07. The number of phenols is 1. The summed E-state index contributed by atoms with van der Waals surface area (Å²) in [6.45, 7) is 6.97. The third-order valence-corrected chi connectivity index (χ3v) is 4.46. The molecule has 3 rings (SSSR count). The number of rotatable bonds is 7. The van der Waals surface area contributed by atoms with Crippen LogP contribution in [0.5, 0.6) is 23.0 Å². The van der Waals surface area contributed by atoms with Crippen LogP contribution in [0.3, 0.4) is 0 Å². The lowest BCUT2D eigenvalue weighted by Gasteiger charge is -2.15. The van der Waals surface area contributed by atoms with Crippen molar-refractivity contribution in [2.75, 3.05) is 20.3 Å². The van der Waals surface area contributed by atoms with Crippen LogP contribution in [-0.4, -0.2) is 36.9 Å². The first-order chi connectivity index (χ1) is 14.0. The normalized spacial score (nSPS) is 13.4. The predicted molar refractivity (Wildman–Crippen MR) is 116 cm³/mol. The zero-order valence-corrected chi connectivity index (χ0v) is 17.2. The van der Waals surface area contributed by atoms with Crippen LogP contribution in [0.15, 0.2) is 46.6 Å². The molecule has 0 aromatic heterocycles. The van der Waals surface area contributed by atoms with Gasteiger partial charge in [-0.05, 0) is 62.2 Å². The predicted octanol–water partition coefficient (Wildman–Crippen LogP) is 4.63. The monoisotopic (exact) mass is 394 g/mol. The van der Waals surface area contributed by atoms with E-state index in [-0.39, 0.29) is 5.75 Å². The SMILES string of the molecule is CCOc1cc2c(cc1OCC)C(C=Cc1ccc(O)c(OC)c1)=NN=C(C)C2. The van der Waals surface area contributed by atoms with Crippen LogP contribution in [0.4, 0.5) is 0 Å². The van der Waals surface area contributed by atoms with Gasteiger partial charge in [0.15, 0.2) is 23.0 Å². The maximum atomic E-state index is 9.78. The van der Waals surface area contributed by atoms with Gasteiger partial charge < -0.3 is 19.3 Å². The molecule has 0 fully saturated rings. The molecule has 0 atom stereocenters. The Kier molecular flexibility index (Phi) is 6.54. The van der Waals surface area contributed by atoms with Crippen molar-refractivity contribution in [1.82, 2.24) is 0 Å². The van der Waals surface area contributed by atoms with E-state index in [9.17, 15) is 5.11 Å². The molecule has 1 heterocycles. The summed E-state index contributed by atoms with van der Waals surface area (Å²) >= 11 is 0. The van der Waals surface area contributed by atoms with Gasteiger partial charge in [-0.2, -0.15) is 10.2 Å². The summed E-state index contributed by atoms with van der Waals surface area (Å²) in [6, 6.07) is 9.16. The van der Waals surface area contributed by atoms with Crippen molar-refractivity contribution in [1.29, 1.82) is 0 Å². The van der Waals surface area contributed by atoms with Gasteiger partial charge in [0.25, 0.3) is 0 Å². The van der Waals surface area contributed by atoms with Gasteiger partial charge >= 0.3 is 0 Å². The fraction of sp³-hybridized carbons (Fsp3) is 0.304. The second-order valence-corrected chi connectivity index (χ2v) is 6.58. The molecular weight excluding hydrogens is 368 g/mol. The molecule has 2 aromatic rings. The molecule has 29 heavy (non-hydrogen) atoms. The minimum absolute atomic E-state index is 0.104. The molecule has 6 nitrogen and oxygen atoms in total. The summed E-state index contributed by atoms with van der Waals surface area (Å²) in [7, 11) is 1.52. The molecule has 0 saturated carbocycles. The summed E-state index contributed by atoms with van der Waals surface area (Å²) in [5.41, 5.74) is 4.58. The second-order valence-electron chi connectivity index (χ2n) is 6.58. The van der Waals surface area contributed by atoms with Gasteiger partial charge in [-0.1, -0.05) is 12.1 Å². The first-order valence-corrected chi connectivity index (χ1v) is 9.64. The van der Waals surface area contributed by atoms with Crippen LogP contribution in [0.25, 0.3) is 6.08 Å². The van der Waals surface area contributed by atoms with Gasteiger partial charge in [0.1, 0.15) is 0 Å². The Morgan fingerprint density at radius 1 is 0.966 bits per heavy atom. The molecular formula is C23H26N2O4. The minimum atomic E-state index is 0.104. The number of aromatic hydroxyl groups is 1. The van der Waals surface area contributed by atoms with Crippen LogP contribution in [0, 0.1) is 0 Å². The van der Waals surface area contributed by atoms with Crippen molar-refractivity contribution < 1.29 is 19.3 Å². The van der Waals surface area contributed by atoms with Crippen LogP contribution in [0.2, 0.25) is 0 Å². The third-order valence-electron chi connectivity index (χ3n) is 4.46. The molecule has 1 aliphatic rings. The van der Waals surface area contributed by atoms with Gasteiger partial charge in [-0.3, -0.25) is 0 Å². The highest BCUT2D eigenvalue weighted by atomic mass is 16.5. The molecule has 0 aliphatic carbocycles. The molecule has 0 radical (unpaired) electrons. The lowest BCUT2D eigenvalue weighted by atomic mass is 9.97. The molecule has 0 amide bonds. The molecule has 0 spiro atoms. The van der Waals surface area contributed by atoms with Crippen LogP contribution >= 0.6 is 0 Å². The number of nitrogens with zero attached hydrogens (tertiary/aromatic N) is 2. The zero-order chi connectivity index (χ0) is 20.8. The standard InChI is InChI=1S/C23H26N2O4/c1-5-28-22-13-17-11-15(3)24-25-19(18(17)14-23(22)29-6-2)9-7-16-8-10-20(26)21(12-16)27-4/h7-10,12-14,26H,5-6,11H2,1-4H3. The third kappa shape index (κ3) is 4.77. The molecule has 0 unspecified atom stereocenters. The Labute approximate surface area is 171 Å². The Morgan fingerprint density at radius 2 is 1.69 bits per heavy atom. The van der Waals surface area contributed by atoms with Crippen molar-refractivity contribution in [3.05, 3.63) is 53.1 Å². The molecule has 0 saturated heterocycles. The Bertz CT molecular complexity index is 977. The van der Waals surface area contributed by atoms with Crippen molar-refractivity contribution in [2.24, 2.45) is 10.2 Å². The minimum Gasteiger partial charge on any atom is -0.504 e. The largest absolute Gasteiger partial charge is 0.504 e. The molecule has 1 aliphatic heterocycles.